The van der Waals surface area contributed by atoms with Crippen LogP contribution in [-0.4, -0.2) is 22.8 Å². The van der Waals surface area contributed by atoms with Crippen LogP contribution in [0.2, 0.25) is 0 Å². The van der Waals surface area contributed by atoms with Crippen LogP contribution in [0.5, 0.6) is 0 Å². The smallest absolute Gasteiger partial charge is 0.412 e. The number of carboxylic acids is 1. The number of anilines is 1. The third kappa shape index (κ3) is 4.66. The topological polar surface area (TPSA) is 75.6 Å². The van der Waals surface area contributed by atoms with Crippen molar-refractivity contribution < 1.29 is 23.8 Å². The molecule has 0 saturated heterocycles. The van der Waals surface area contributed by atoms with Gasteiger partial charge in [0.15, 0.2) is 5.82 Å². The number of halogens is 2. The van der Waals surface area contributed by atoms with Crippen molar-refractivity contribution in [3.63, 3.8) is 0 Å². The van der Waals surface area contributed by atoms with Crippen molar-refractivity contribution in [2.75, 3.05) is 5.32 Å². The van der Waals surface area contributed by atoms with Gasteiger partial charge in [-0.2, -0.15) is 0 Å². The second-order valence-corrected chi connectivity index (χ2v) is 5.91. The molecule has 1 amide bonds. The van der Waals surface area contributed by atoms with E-state index < -0.39 is 23.5 Å². The van der Waals surface area contributed by atoms with Crippen LogP contribution < -0.4 is 5.32 Å². The Labute approximate surface area is 123 Å². The molecule has 0 aliphatic rings. The lowest BCUT2D eigenvalue weighted by atomic mass is 10.2. The predicted octanol–water partition coefficient (Wildman–Crippen LogP) is 3.48. The number of nitrogens with one attached hydrogen (secondary N) is 1. The van der Waals surface area contributed by atoms with E-state index in [2.05, 4.69) is 5.32 Å². The monoisotopic (exact) mass is 381 g/mol. The van der Waals surface area contributed by atoms with Crippen molar-refractivity contribution in [1.82, 2.24) is 0 Å². The fourth-order valence-electron chi connectivity index (χ4n) is 1.22. The molecular weight excluding hydrogens is 368 g/mol. The van der Waals surface area contributed by atoms with E-state index >= 15 is 0 Å². The summed E-state index contributed by atoms with van der Waals surface area (Å²) in [6.07, 6.45) is -0.843. The maximum Gasteiger partial charge on any atom is 0.412 e. The zero-order valence-corrected chi connectivity index (χ0v) is 12.7. The number of amides is 1. The molecule has 104 valence electrons. The number of carboxylic acid groups (broad SMARTS) is 1. The molecule has 0 radical (unpaired) electrons. The lowest BCUT2D eigenvalue weighted by molar-refractivity contribution is 0.0632. The van der Waals surface area contributed by atoms with Gasteiger partial charge in [0.1, 0.15) is 5.60 Å². The molecule has 0 bridgehead atoms. The molecule has 0 unspecified atom stereocenters. The Balaban J connectivity index is 3.01. The van der Waals surface area contributed by atoms with Crippen molar-refractivity contribution in [3.05, 3.63) is 27.1 Å². The number of benzene rings is 1. The summed E-state index contributed by atoms with van der Waals surface area (Å²) in [7, 11) is 0. The summed E-state index contributed by atoms with van der Waals surface area (Å²) in [5, 5.41) is 11.1. The molecule has 0 aromatic heterocycles. The molecule has 1 aromatic carbocycles. The SMILES string of the molecule is CC(C)(C)OC(=O)Nc1cc(C(=O)O)cc(I)c1F. The lowest BCUT2D eigenvalue weighted by Crippen LogP contribution is -2.27. The summed E-state index contributed by atoms with van der Waals surface area (Å²) in [6.45, 7) is 5.00. The Morgan fingerprint density at radius 1 is 1.37 bits per heavy atom. The normalized spacial score (nSPS) is 11.0. The summed E-state index contributed by atoms with van der Waals surface area (Å²) in [5.74, 6) is -1.90. The number of aromatic carboxylic acids is 1. The standard InChI is InChI=1S/C12H13FINO4/c1-12(2,3)19-11(18)15-8-5-6(10(16)17)4-7(14)9(8)13/h4-5H,1-3H3,(H,15,18)(H,16,17). The van der Waals surface area contributed by atoms with E-state index in [0.29, 0.717) is 0 Å². The van der Waals surface area contributed by atoms with Crippen molar-refractivity contribution in [1.29, 1.82) is 0 Å². The molecule has 7 heteroatoms. The molecule has 0 atom stereocenters. The first kappa shape index (κ1) is 15.7. The summed E-state index contributed by atoms with van der Waals surface area (Å²) in [6, 6.07) is 2.22. The zero-order chi connectivity index (χ0) is 14.8. The van der Waals surface area contributed by atoms with Gasteiger partial charge in [0.05, 0.1) is 14.8 Å². The first-order chi connectivity index (χ1) is 8.60. The van der Waals surface area contributed by atoms with Gasteiger partial charge in [0.25, 0.3) is 0 Å². The summed E-state index contributed by atoms with van der Waals surface area (Å²) >= 11 is 1.65. The number of carbonyl (C=O) groups is 2. The highest BCUT2D eigenvalue weighted by atomic mass is 127. The first-order valence-electron chi connectivity index (χ1n) is 5.32. The average Bonchev–Trinajstić information content (AvgIpc) is 2.21. The first-order valence-corrected chi connectivity index (χ1v) is 6.40. The predicted molar refractivity (Wildman–Crippen MR) is 75.9 cm³/mol. The second kappa shape index (κ2) is 5.72. The lowest BCUT2D eigenvalue weighted by Gasteiger charge is -2.20. The minimum atomic E-state index is -1.20. The zero-order valence-electron chi connectivity index (χ0n) is 10.6. The van der Waals surface area contributed by atoms with Crippen LogP contribution in [0.25, 0.3) is 0 Å². The van der Waals surface area contributed by atoms with E-state index in [4.69, 9.17) is 9.84 Å². The highest BCUT2D eigenvalue weighted by molar-refractivity contribution is 14.1. The molecule has 0 saturated carbocycles. The Hall–Kier alpha value is -1.38. The number of hydrogen-bond acceptors (Lipinski definition) is 3. The van der Waals surface area contributed by atoms with Crippen molar-refractivity contribution in [2.24, 2.45) is 0 Å². The molecule has 1 rings (SSSR count). The van der Waals surface area contributed by atoms with E-state index in [1.807, 2.05) is 0 Å². The number of ether oxygens (including phenoxy) is 1. The summed E-state index contributed by atoms with van der Waals surface area (Å²) < 4.78 is 18.8. The van der Waals surface area contributed by atoms with E-state index in [-0.39, 0.29) is 14.8 Å². The van der Waals surface area contributed by atoms with E-state index in [1.54, 1.807) is 43.4 Å². The van der Waals surface area contributed by atoms with E-state index in [1.165, 1.54) is 6.07 Å². The third-order valence-electron chi connectivity index (χ3n) is 1.91. The largest absolute Gasteiger partial charge is 0.478 e. The van der Waals surface area contributed by atoms with Gasteiger partial charge in [-0.15, -0.1) is 0 Å². The minimum Gasteiger partial charge on any atom is -0.478 e. The van der Waals surface area contributed by atoms with Gasteiger partial charge >= 0.3 is 12.1 Å². The van der Waals surface area contributed by atoms with Crippen LogP contribution in [0.15, 0.2) is 12.1 Å². The van der Waals surface area contributed by atoms with E-state index in [0.717, 1.165) is 6.07 Å². The van der Waals surface area contributed by atoms with Crippen LogP contribution in [0.1, 0.15) is 31.1 Å². The molecule has 5 nitrogen and oxygen atoms in total. The second-order valence-electron chi connectivity index (χ2n) is 4.75. The van der Waals surface area contributed by atoms with Crippen LogP contribution in [-0.2, 0) is 4.74 Å². The molecule has 0 aliphatic heterocycles. The molecule has 0 fully saturated rings. The average molecular weight is 381 g/mol. The third-order valence-corrected chi connectivity index (χ3v) is 2.70. The molecule has 19 heavy (non-hydrogen) atoms. The Morgan fingerprint density at radius 3 is 2.42 bits per heavy atom. The highest BCUT2D eigenvalue weighted by Crippen LogP contribution is 2.23. The number of hydrogen-bond donors (Lipinski definition) is 2. The van der Waals surface area contributed by atoms with Gasteiger partial charge in [-0.3, -0.25) is 5.32 Å². The molecule has 0 aliphatic carbocycles. The minimum absolute atomic E-state index is 0.101. The highest BCUT2D eigenvalue weighted by Gasteiger charge is 2.19. The van der Waals surface area contributed by atoms with Crippen molar-refractivity contribution in [2.45, 2.75) is 26.4 Å². The van der Waals surface area contributed by atoms with Crippen LogP contribution in [0.4, 0.5) is 14.9 Å². The van der Waals surface area contributed by atoms with Gasteiger partial charge < -0.3 is 9.84 Å². The van der Waals surface area contributed by atoms with Gasteiger partial charge in [-0.25, -0.2) is 14.0 Å². The van der Waals surface area contributed by atoms with Gasteiger partial charge in [0, 0.05) is 0 Å². The van der Waals surface area contributed by atoms with Gasteiger partial charge in [-0.05, 0) is 55.5 Å². The molecule has 0 heterocycles. The summed E-state index contributed by atoms with van der Waals surface area (Å²) in [4.78, 5) is 22.4. The molecule has 2 N–H and O–H groups in total. The van der Waals surface area contributed by atoms with Crippen LogP contribution >= 0.6 is 22.6 Å². The Bertz CT molecular complexity index is 525. The maximum atomic E-state index is 13.8. The molecule has 0 spiro atoms. The number of carbonyl (C=O) groups excluding carboxylic acids is 1. The van der Waals surface area contributed by atoms with Gasteiger partial charge in [0.2, 0.25) is 0 Å². The molecule has 1 aromatic rings. The maximum absolute atomic E-state index is 13.8. The quantitative estimate of drug-likeness (QED) is 0.770. The summed E-state index contributed by atoms with van der Waals surface area (Å²) in [5.41, 5.74) is -1.06. The van der Waals surface area contributed by atoms with Crippen molar-refractivity contribution >= 4 is 40.3 Å². The van der Waals surface area contributed by atoms with Gasteiger partial charge in [-0.1, -0.05) is 0 Å². The number of rotatable bonds is 2. The van der Waals surface area contributed by atoms with Crippen molar-refractivity contribution in [3.8, 4) is 0 Å². The molecular formula is C12H13FINO4. The Kier molecular flexibility index (Phi) is 4.72. The van der Waals surface area contributed by atoms with Crippen LogP contribution in [0, 0.1) is 9.39 Å². The fraction of sp³-hybridized carbons (Fsp3) is 0.333. The Morgan fingerprint density at radius 2 is 1.95 bits per heavy atom. The van der Waals surface area contributed by atoms with Crippen LogP contribution in [0.3, 0.4) is 0 Å². The fourth-order valence-corrected chi connectivity index (χ4v) is 1.84. The van der Waals surface area contributed by atoms with E-state index in [9.17, 15) is 14.0 Å².